The van der Waals surface area contributed by atoms with Crippen LogP contribution in [0.3, 0.4) is 0 Å². The van der Waals surface area contributed by atoms with E-state index in [0.717, 1.165) is 16.9 Å². The highest BCUT2D eigenvalue weighted by Crippen LogP contribution is 2.20. The molecule has 0 aliphatic rings. The van der Waals surface area contributed by atoms with Crippen LogP contribution in [0.4, 0.5) is 5.69 Å². The molecule has 8 heteroatoms. The summed E-state index contributed by atoms with van der Waals surface area (Å²) in [6.07, 6.45) is 2.29. The Kier molecular flexibility index (Phi) is 4.71. The predicted octanol–water partition coefficient (Wildman–Crippen LogP) is 1.47. The lowest BCUT2D eigenvalue weighted by Crippen LogP contribution is -2.26. The first-order valence-corrected chi connectivity index (χ1v) is 8.41. The normalized spacial score (nSPS) is 11.5. The Hall–Kier alpha value is -1.48. The minimum Gasteiger partial charge on any atom is -0.321 e. The maximum atomic E-state index is 12.2. The van der Waals surface area contributed by atoms with E-state index in [0.29, 0.717) is 0 Å². The van der Waals surface area contributed by atoms with Gasteiger partial charge in [-0.2, -0.15) is 0 Å². The summed E-state index contributed by atoms with van der Waals surface area (Å²) in [5.74, 6) is 5.30. The molecule has 0 spiro atoms. The fourth-order valence-corrected chi connectivity index (χ4v) is 3.88. The standard InChI is InChI=1S/C12H16N4O2S2/c1-2-9-5-7-19-11(9)8-15-20(17,18)12-10(16-13)4-3-6-14-12/h3-7,15-16H,2,8,13H2,1H3. The molecule has 108 valence electrons. The summed E-state index contributed by atoms with van der Waals surface area (Å²) in [4.78, 5) is 4.88. The number of hydrogen-bond acceptors (Lipinski definition) is 6. The van der Waals surface area contributed by atoms with Crippen LogP contribution in [0.2, 0.25) is 0 Å². The Bertz CT molecular complexity index is 682. The van der Waals surface area contributed by atoms with Gasteiger partial charge >= 0.3 is 0 Å². The number of hydrazine groups is 1. The highest BCUT2D eigenvalue weighted by Gasteiger charge is 2.20. The first-order chi connectivity index (χ1) is 9.58. The Balaban J connectivity index is 2.19. The molecule has 0 fully saturated rings. The van der Waals surface area contributed by atoms with Crippen LogP contribution in [0, 0.1) is 0 Å². The third kappa shape index (κ3) is 3.15. The molecule has 0 aromatic carbocycles. The molecule has 2 heterocycles. The first-order valence-electron chi connectivity index (χ1n) is 6.05. The molecule has 0 atom stereocenters. The zero-order chi connectivity index (χ0) is 14.6. The lowest BCUT2D eigenvalue weighted by atomic mass is 10.2. The van der Waals surface area contributed by atoms with Crippen molar-refractivity contribution in [2.45, 2.75) is 24.9 Å². The number of nitrogens with two attached hydrogens (primary N) is 1. The number of pyridine rings is 1. The zero-order valence-electron chi connectivity index (χ0n) is 11.0. The molecule has 0 bridgehead atoms. The molecule has 2 aromatic heterocycles. The van der Waals surface area contributed by atoms with Crippen LogP contribution in [-0.4, -0.2) is 13.4 Å². The van der Waals surface area contributed by atoms with Gasteiger partial charge in [0.2, 0.25) is 0 Å². The van der Waals surface area contributed by atoms with Crippen LogP contribution in [0.5, 0.6) is 0 Å². The third-order valence-electron chi connectivity index (χ3n) is 2.82. The van der Waals surface area contributed by atoms with Crippen molar-refractivity contribution in [3.8, 4) is 0 Å². The van der Waals surface area contributed by atoms with E-state index in [1.807, 2.05) is 18.4 Å². The minimum atomic E-state index is -3.70. The van der Waals surface area contributed by atoms with Crippen LogP contribution in [0.15, 0.2) is 34.8 Å². The number of sulfonamides is 1. The lowest BCUT2D eigenvalue weighted by Gasteiger charge is -2.09. The van der Waals surface area contributed by atoms with E-state index in [1.54, 1.807) is 12.1 Å². The molecule has 2 rings (SSSR count). The molecule has 2 aromatic rings. The molecular weight excluding hydrogens is 296 g/mol. The molecule has 0 amide bonds. The molecule has 0 aliphatic carbocycles. The number of rotatable bonds is 6. The Labute approximate surface area is 122 Å². The van der Waals surface area contributed by atoms with Gasteiger partial charge in [-0.15, -0.1) is 11.3 Å². The average molecular weight is 312 g/mol. The van der Waals surface area contributed by atoms with Gasteiger partial charge in [0.25, 0.3) is 10.0 Å². The van der Waals surface area contributed by atoms with Crippen molar-refractivity contribution in [1.82, 2.24) is 9.71 Å². The van der Waals surface area contributed by atoms with Gasteiger partial charge in [-0.3, -0.25) is 5.84 Å². The number of nitrogens with zero attached hydrogens (tertiary/aromatic N) is 1. The van der Waals surface area contributed by atoms with Crippen molar-refractivity contribution in [2.75, 3.05) is 5.43 Å². The quantitative estimate of drug-likeness (QED) is 0.554. The number of aryl methyl sites for hydroxylation is 1. The van der Waals surface area contributed by atoms with E-state index in [9.17, 15) is 8.42 Å². The Morgan fingerprint density at radius 3 is 2.90 bits per heavy atom. The molecule has 0 saturated heterocycles. The van der Waals surface area contributed by atoms with Gasteiger partial charge in [0.15, 0.2) is 5.03 Å². The highest BCUT2D eigenvalue weighted by molar-refractivity contribution is 7.89. The topological polar surface area (TPSA) is 97.1 Å². The van der Waals surface area contributed by atoms with Crippen LogP contribution in [0.25, 0.3) is 0 Å². The van der Waals surface area contributed by atoms with Gasteiger partial charge in [-0.05, 0) is 35.6 Å². The van der Waals surface area contributed by atoms with E-state index < -0.39 is 10.0 Å². The predicted molar refractivity (Wildman–Crippen MR) is 79.8 cm³/mol. The molecule has 6 nitrogen and oxygen atoms in total. The second kappa shape index (κ2) is 6.31. The van der Waals surface area contributed by atoms with Gasteiger partial charge in [0.1, 0.15) is 0 Å². The molecular formula is C12H16N4O2S2. The number of aromatic nitrogens is 1. The van der Waals surface area contributed by atoms with Crippen molar-refractivity contribution < 1.29 is 8.42 Å². The van der Waals surface area contributed by atoms with Crippen LogP contribution in [-0.2, 0) is 23.0 Å². The van der Waals surface area contributed by atoms with E-state index in [2.05, 4.69) is 15.1 Å². The lowest BCUT2D eigenvalue weighted by molar-refractivity contribution is 0.578. The molecule has 0 saturated carbocycles. The summed E-state index contributed by atoms with van der Waals surface area (Å²) in [6, 6.07) is 5.18. The summed E-state index contributed by atoms with van der Waals surface area (Å²) in [5.41, 5.74) is 3.75. The molecule has 0 radical (unpaired) electrons. The second-order valence-electron chi connectivity index (χ2n) is 4.05. The number of anilines is 1. The summed E-state index contributed by atoms with van der Waals surface area (Å²) < 4.78 is 27.0. The van der Waals surface area contributed by atoms with Crippen LogP contribution >= 0.6 is 11.3 Å². The largest absolute Gasteiger partial charge is 0.321 e. The van der Waals surface area contributed by atoms with Crippen molar-refractivity contribution >= 4 is 27.0 Å². The number of hydrogen-bond donors (Lipinski definition) is 3. The smallest absolute Gasteiger partial charge is 0.260 e. The maximum absolute atomic E-state index is 12.2. The van der Waals surface area contributed by atoms with Gasteiger partial charge in [0.05, 0.1) is 5.69 Å². The molecule has 0 aliphatic heterocycles. The first kappa shape index (κ1) is 14.9. The van der Waals surface area contributed by atoms with Crippen molar-refractivity contribution in [3.63, 3.8) is 0 Å². The highest BCUT2D eigenvalue weighted by atomic mass is 32.2. The molecule has 0 unspecified atom stereocenters. The van der Waals surface area contributed by atoms with Crippen LogP contribution < -0.4 is 16.0 Å². The maximum Gasteiger partial charge on any atom is 0.260 e. The van der Waals surface area contributed by atoms with Gasteiger partial charge in [0, 0.05) is 17.6 Å². The Morgan fingerprint density at radius 2 is 2.20 bits per heavy atom. The van der Waals surface area contributed by atoms with E-state index in [4.69, 9.17) is 5.84 Å². The summed E-state index contributed by atoms with van der Waals surface area (Å²) in [7, 11) is -3.70. The van der Waals surface area contributed by atoms with Gasteiger partial charge < -0.3 is 5.43 Å². The zero-order valence-corrected chi connectivity index (χ0v) is 12.6. The van der Waals surface area contributed by atoms with E-state index >= 15 is 0 Å². The molecule has 4 N–H and O–H groups in total. The van der Waals surface area contributed by atoms with Crippen molar-refractivity contribution in [3.05, 3.63) is 40.2 Å². The fraction of sp³-hybridized carbons (Fsp3) is 0.250. The minimum absolute atomic E-state index is 0.0999. The summed E-state index contributed by atoms with van der Waals surface area (Å²) in [6.45, 7) is 2.29. The van der Waals surface area contributed by atoms with E-state index in [-0.39, 0.29) is 17.3 Å². The Morgan fingerprint density at radius 1 is 1.40 bits per heavy atom. The van der Waals surface area contributed by atoms with Crippen molar-refractivity contribution in [1.29, 1.82) is 0 Å². The number of thiophene rings is 1. The fourth-order valence-electron chi connectivity index (χ4n) is 1.78. The molecule has 20 heavy (non-hydrogen) atoms. The summed E-state index contributed by atoms with van der Waals surface area (Å²) >= 11 is 1.53. The van der Waals surface area contributed by atoms with Crippen molar-refractivity contribution in [2.24, 2.45) is 5.84 Å². The SMILES string of the molecule is CCc1ccsc1CNS(=O)(=O)c1ncccc1NN. The van der Waals surface area contributed by atoms with Gasteiger partial charge in [-0.1, -0.05) is 6.92 Å². The second-order valence-corrected chi connectivity index (χ2v) is 6.73. The summed E-state index contributed by atoms with van der Waals surface area (Å²) in [5, 5.41) is 1.85. The van der Waals surface area contributed by atoms with Crippen LogP contribution in [0.1, 0.15) is 17.4 Å². The monoisotopic (exact) mass is 312 g/mol. The van der Waals surface area contributed by atoms with Gasteiger partial charge in [-0.25, -0.2) is 18.1 Å². The average Bonchev–Trinajstić information content (AvgIpc) is 2.92. The third-order valence-corrected chi connectivity index (χ3v) is 5.14. The number of nitrogens with one attached hydrogen (secondary N) is 2. The van der Waals surface area contributed by atoms with E-state index in [1.165, 1.54) is 17.5 Å². The number of nitrogen functional groups attached to an aromatic ring is 1.